The van der Waals surface area contributed by atoms with Gasteiger partial charge in [-0.15, -0.1) is 0 Å². The topological polar surface area (TPSA) is 54.3 Å². The van der Waals surface area contributed by atoms with E-state index in [2.05, 4.69) is 17.6 Å². The molecule has 1 aromatic rings. The highest BCUT2D eigenvalue weighted by Gasteiger charge is 2.25. The van der Waals surface area contributed by atoms with Crippen molar-refractivity contribution in [3.05, 3.63) is 23.7 Å². The lowest BCUT2D eigenvalue weighted by molar-refractivity contribution is -0.124. The Balaban J connectivity index is 1.90. The molecule has 0 aromatic carbocycles. The molecule has 18 heavy (non-hydrogen) atoms. The third-order valence-corrected chi connectivity index (χ3v) is 3.53. The third-order valence-electron chi connectivity index (χ3n) is 3.53. The molecule has 0 saturated carbocycles. The van der Waals surface area contributed by atoms with Crippen molar-refractivity contribution in [3.8, 4) is 0 Å². The number of piperidine rings is 1. The van der Waals surface area contributed by atoms with Gasteiger partial charge in [0.05, 0.1) is 12.1 Å². The lowest BCUT2D eigenvalue weighted by Crippen LogP contribution is -2.48. The van der Waals surface area contributed by atoms with Gasteiger partial charge in [-0.25, -0.2) is 0 Å². The number of carbonyl (C=O) groups is 1. The number of furan rings is 1. The van der Waals surface area contributed by atoms with Gasteiger partial charge in [-0.05, 0) is 51.3 Å². The van der Waals surface area contributed by atoms with Gasteiger partial charge < -0.3 is 15.1 Å². The predicted octanol–water partition coefficient (Wildman–Crippen LogP) is 2.15. The number of aryl methyl sites for hydroxylation is 1. The van der Waals surface area contributed by atoms with Crippen molar-refractivity contribution in [2.75, 3.05) is 6.54 Å². The number of nitrogens with one attached hydrogen (secondary N) is 2. The minimum absolute atomic E-state index is 0.0627. The van der Waals surface area contributed by atoms with Crippen molar-refractivity contribution >= 4 is 5.91 Å². The van der Waals surface area contributed by atoms with Gasteiger partial charge in [0.1, 0.15) is 11.5 Å². The lowest BCUT2D eigenvalue weighted by atomic mass is 9.94. The van der Waals surface area contributed by atoms with E-state index in [-0.39, 0.29) is 18.0 Å². The molecule has 2 heterocycles. The van der Waals surface area contributed by atoms with Crippen molar-refractivity contribution < 1.29 is 9.21 Å². The summed E-state index contributed by atoms with van der Waals surface area (Å²) in [5.41, 5.74) is 0. The maximum absolute atomic E-state index is 12.1. The zero-order valence-electron chi connectivity index (χ0n) is 11.3. The molecule has 1 aliphatic heterocycles. The first-order valence-electron chi connectivity index (χ1n) is 6.66. The molecule has 1 amide bonds. The molecule has 3 unspecified atom stereocenters. The predicted molar refractivity (Wildman–Crippen MR) is 70.2 cm³/mol. The van der Waals surface area contributed by atoms with Crippen LogP contribution in [0.3, 0.4) is 0 Å². The van der Waals surface area contributed by atoms with Crippen molar-refractivity contribution in [1.29, 1.82) is 0 Å². The van der Waals surface area contributed by atoms with Crippen LogP contribution < -0.4 is 10.6 Å². The molecule has 3 atom stereocenters. The quantitative estimate of drug-likeness (QED) is 0.864. The molecule has 0 radical (unpaired) electrons. The van der Waals surface area contributed by atoms with Gasteiger partial charge in [0.2, 0.25) is 5.91 Å². The van der Waals surface area contributed by atoms with Gasteiger partial charge in [-0.2, -0.15) is 0 Å². The fourth-order valence-corrected chi connectivity index (χ4v) is 2.38. The summed E-state index contributed by atoms with van der Waals surface area (Å²) in [6.45, 7) is 6.97. The normalized spacial score (nSPS) is 25.7. The standard InChI is InChI=1S/C14H22N2O2/c1-9-6-7-15-12(8-9)14(17)16-11(3)13-5-4-10(2)18-13/h4-5,9,11-12,15H,6-8H2,1-3H3,(H,16,17). The molecule has 1 aliphatic rings. The largest absolute Gasteiger partial charge is 0.464 e. The molecule has 1 aromatic heterocycles. The molecule has 2 rings (SSSR count). The van der Waals surface area contributed by atoms with E-state index in [4.69, 9.17) is 4.42 Å². The van der Waals surface area contributed by atoms with Gasteiger partial charge in [0.15, 0.2) is 0 Å². The van der Waals surface area contributed by atoms with Crippen LogP contribution in [0.4, 0.5) is 0 Å². The summed E-state index contributed by atoms with van der Waals surface area (Å²) in [5.74, 6) is 2.37. The first-order valence-corrected chi connectivity index (χ1v) is 6.66. The second-order valence-corrected chi connectivity index (χ2v) is 5.31. The summed E-state index contributed by atoms with van der Waals surface area (Å²) in [5, 5.41) is 6.27. The van der Waals surface area contributed by atoms with Crippen LogP contribution in [0.1, 0.15) is 44.3 Å². The first kappa shape index (κ1) is 13.1. The minimum Gasteiger partial charge on any atom is -0.464 e. The summed E-state index contributed by atoms with van der Waals surface area (Å²) in [7, 11) is 0. The second-order valence-electron chi connectivity index (χ2n) is 5.31. The average molecular weight is 250 g/mol. The molecule has 0 spiro atoms. The van der Waals surface area contributed by atoms with Crippen molar-refractivity contribution in [2.24, 2.45) is 5.92 Å². The molecular formula is C14H22N2O2. The van der Waals surface area contributed by atoms with E-state index in [1.165, 1.54) is 0 Å². The molecular weight excluding hydrogens is 228 g/mol. The Morgan fingerprint density at radius 1 is 1.56 bits per heavy atom. The Labute approximate surface area is 108 Å². The molecule has 1 fully saturated rings. The Hall–Kier alpha value is -1.29. The monoisotopic (exact) mass is 250 g/mol. The maximum atomic E-state index is 12.1. The first-order chi connectivity index (χ1) is 8.56. The average Bonchev–Trinajstić information content (AvgIpc) is 2.76. The van der Waals surface area contributed by atoms with E-state index in [1.54, 1.807) is 0 Å². The molecule has 0 bridgehead atoms. The van der Waals surface area contributed by atoms with E-state index in [0.717, 1.165) is 30.9 Å². The smallest absolute Gasteiger partial charge is 0.237 e. The van der Waals surface area contributed by atoms with Gasteiger partial charge in [0.25, 0.3) is 0 Å². The maximum Gasteiger partial charge on any atom is 0.237 e. The van der Waals surface area contributed by atoms with Crippen LogP contribution in [0.25, 0.3) is 0 Å². The van der Waals surface area contributed by atoms with Crippen LogP contribution in [0, 0.1) is 12.8 Å². The van der Waals surface area contributed by atoms with Crippen LogP contribution >= 0.6 is 0 Å². The zero-order chi connectivity index (χ0) is 13.1. The molecule has 0 aliphatic carbocycles. The van der Waals surface area contributed by atoms with E-state index in [9.17, 15) is 4.79 Å². The van der Waals surface area contributed by atoms with Gasteiger partial charge in [-0.3, -0.25) is 4.79 Å². The highest BCUT2D eigenvalue weighted by Crippen LogP contribution is 2.18. The minimum atomic E-state index is -0.0785. The third kappa shape index (κ3) is 3.13. The van der Waals surface area contributed by atoms with E-state index < -0.39 is 0 Å². The van der Waals surface area contributed by atoms with E-state index >= 15 is 0 Å². The molecule has 2 N–H and O–H groups in total. The Morgan fingerprint density at radius 3 is 2.94 bits per heavy atom. The molecule has 1 saturated heterocycles. The van der Waals surface area contributed by atoms with Gasteiger partial charge >= 0.3 is 0 Å². The molecule has 100 valence electrons. The number of carbonyl (C=O) groups excluding carboxylic acids is 1. The van der Waals surface area contributed by atoms with E-state index in [0.29, 0.717) is 5.92 Å². The molecule has 4 heteroatoms. The summed E-state index contributed by atoms with van der Waals surface area (Å²) in [4.78, 5) is 12.1. The Bertz CT molecular complexity index is 414. The summed E-state index contributed by atoms with van der Waals surface area (Å²) >= 11 is 0. The van der Waals surface area contributed by atoms with Crippen LogP contribution in [0.15, 0.2) is 16.5 Å². The second kappa shape index (κ2) is 5.57. The van der Waals surface area contributed by atoms with Crippen LogP contribution in [0.5, 0.6) is 0 Å². The zero-order valence-corrected chi connectivity index (χ0v) is 11.3. The van der Waals surface area contributed by atoms with Gasteiger partial charge in [0, 0.05) is 0 Å². The number of amides is 1. The summed E-state index contributed by atoms with van der Waals surface area (Å²) in [6.07, 6.45) is 2.06. The van der Waals surface area contributed by atoms with Crippen LogP contribution in [-0.2, 0) is 4.79 Å². The lowest BCUT2D eigenvalue weighted by Gasteiger charge is -2.28. The summed E-state index contributed by atoms with van der Waals surface area (Å²) < 4.78 is 5.52. The Morgan fingerprint density at radius 2 is 2.33 bits per heavy atom. The highest BCUT2D eigenvalue weighted by atomic mass is 16.3. The molecule has 4 nitrogen and oxygen atoms in total. The fourth-order valence-electron chi connectivity index (χ4n) is 2.38. The van der Waals surface area contributed by atoms with Gasteiger partial charge in [-0.1, -0.05) is 6.92 Å². The Kier molecular flexibility index (Phi) is 4.07. The van der Waals surface area contributed by atoms with Crippen molar-refractivity contribution in [3.63, 3.8) is 0 Å². The SMILES string of the molecule is Cc1ccc(C(C)NC(=O)C2CC(C)CCN2)o1. The van der Waals surface area contributed by atoms with Crippen molar-refractivity contribution in [1.82, 2.24) is 10.6 Å². The number of rotatable bonds is 3. The number of hydrogen-bond donors (Lipinski definition) is 2. The van der Waals surface area contributed by atoms with Crippen LogP contribution in [-0.4, -0.2) is 18.5 Å². The summed E-state index contributed by atoms with van der Waals surface area (Å²) in [6, 6.07) is 3.69. The fraction of sp³-hybridized carbons (Fsp3) is 0.643. The van der Waals surface area contributed by atoms with E-state index in [1.807, 2.05) is 26.0 Å². The van der Waals surface area contributed by atoms with Crippen molar-refractivity contribution in [2.45, 2.75) is 45.7 Å². The highest BCUT2D eigenvalue weighted by molar-refractivity contribution is 5.82. The number of hydrogen-bond acceptors (Lipinski definition) is 3. The van der Waals surface area contributed by atoms with Crippen LogP contribution in [0.2, 0.25) is 0 Å².